The van der Waals surface area contributed by atoms with E-state index in [2.05, 4.69) is 15.3 Å². The predicted octanol–water partition coefficient (Wildman–Crippen LogP) is 2.34. The molecule has 0 aliphatic carbocycles. The Kier molecular flexibility index (Phi) is 6.38. The number of aromatic nitrogens is 2. The highest BCUT2D eigenvalue weighted by atomic mass is 32.2. The number of nitrogens with one attached hydrogen (secondary N) is 1. The van der Waals surface area contributed by atoms with Crippen molar-refractivity contribution in [1.29, 1.82) is 0 Å². The summed E-state index contributed by atoms with van der Waals surface area (Å²) < 4.78 is 23.2. The quantitative estimate of drug-likeness (QED) is 0.574. The van der Waals surface area contributed by atoms with Crippen LogP contribution in [0.5, 0.6) is 0 Å². The van der Waals surface area contributed by atoms with Crippen LogP contribution in [0.4, 0.5) is 5.69 Å². The number of sulfonamides is 1. The second-order valence-electron chi connectivity index (χ2n) is 5.93. The molecule has 9 heteroatoms. The zero-order chi connectivity index (χ0) is 19.5. The van der Waals surface area contributed by atoms with Crippen LogP contribution in [0.2, 0.25) is 0 Å². The van der Waals surface area contributed by atoms with Gasteiger partial charge in [0.15, 0.2) is 5.16 Å². The third kappa shape index (κ3) is 5.03. The Bertz CT molecular complexity index is 920. The molecule has 0 saturated carbocycles. The average molecular weight is 395 g/mol. The van der Waals surface area contributed by atoms with E-state index in [1.54, 1.807) is 19.1 Å². The summed E-state index contributed by atoms with van der Waals surface area (Å²) in [5, 5.41) is 8.61. The van der Waals surface area contributed by atoms with Crippen molar-refractivity contribution < 1.29 is 13.2 Å². The lowest BCUT2D eigenvalue weighted by Gasteiger charge is -2.11. The molecule has 0 unspecified atom stereocenters. The van der Waals surface area contributed by atoms with Gasteiger partial charge in [-0.1, -0.05) is 17.8 Å². The Balaban J connectivity index is 2.09. The number of hydrogen-bond donors (Lipinski definition) is 2. The van der Waals surface area contributed by atoms with Crippen LogP contribution in [-0.2, 0) is 21.2 Å². The number of hydrogen-bond acceptors (Lipinski definition) is 6. The van der Waals surface area contributed by atoms with Crippen LogP contribution >= 0.6 is 11.8 Å². The highest BCUT2D eigenvalue weighted by molar-refractivity contribution is 7.98. The molecule has 0 radical (unpaired) electrons. The Hall–Kier alpha value is -1.97. The maximum atomic E-state index is 12.2. The Labute approximate surface area is 157 Å². The van der Waals surface area contributed by atoms with Crippen molar-refractivity contribution in [1.82, 2.24) is 9.97 Å². The summed E-state index contributed by atoms with van der Waals surface area (Å²) in [6, 6.07) is 4.63. The van der Waals surface area contributed by atoms with E-state index in [1.807, 2.05) is 20.1 Å². The summed E-state index contributed by atoms with van der Waals surface area (Å²) in [4.78, 5) is 21.0. The Morgan fingerprint density at radius 2 is 1.81 bits per heavy atom. The van der Waals surface area contributed by atoms with Gasteiger partial charge in [0.25, 0.3) is 0 Å². The van der Waals surface area contributed by atoms with Crippen LogP contribution in [0, 0.1) is 20.8 Å². The second kappa shape index (κ2) is 8.15. The van der Waals surface area contributed by atoms with Gasteiger partial charge in [-0.2, -0.15) is 0 Å². The highest BCUT2D eigenvalue weighted by Crippen LogP contribution is 2.20. The van der Waals surface area contributed by atoms with Gasteiger partial charge < -0.3 is 5.32 Å². The van der Waals surface area contributed by atoms with Gasteiger partial charge in [-0.3, -0.25) is 4.79 Å². The molecule has 26 heavy (non-hydrogen) atoms. The zero-order valence-electron chi connectivity index (χ0n) is 15.2. The number of anilines is 1. The fourth-order valence-corrected chi connectivity index (χ4v) is 3.87. The van der Waals surface area contributed by atoms with Gasteiger partial charge in [0.2, 0.25) is 15.9 Å². The molecule has 2 rings (SSSR count). The SMILES string of the molecule is CSc1nc(C)c(CCC(=O)Nc2ccc(C)c(S(N)(=O)=O)c2)c(C)n1. The molecule has 2 aromatic rings. The van der Waals surface area contributed by atoms with E-state index in [4.69, 9.17) is 5.14 Å². The molecule has 140 valence electrons. The minimum absolute atomic E-state index is 0.00282. The van der Waals surface area contributed by atoms with Crippen molar-refractivity contribution in [2.45, 2.75) is 43.7 Å². The van der Waals surface area contributed by atoms with Crippen LogP contribution in [0.25, 0.3) is 0 Å². The first-order valence-electron chi connectivity index (χ1n) is 7.93. The zero-order valence-corrected chi connectivity index (χ0v) is 16.8. The van der Waals surface area contributed by atoms with Crippen LogP contribution < -0.4 is 10.5 Å². The molecular formula is C17H22N4O3S2. The highest BCUT2D eigenvalue weighted by Gasteiger charge is 2.14. The van der Waals surface area contributed by atoms with Crippen molar-refractivity contribution in [3.63, 3.8) is 0 Å². The van der Waals surface area contributed by atoms with E-state index in [1.165, 1.54) is 17.8 Å². The van der Waals surface area contributed by atoms with Crippen molar-refractivity contribution in [3.05, 3.63) is 40.7 Å². The van der Waals surface area contributed by atoms with Crippen molar-refractivity contribution in [3.8, 4) is 0 Å². The van der Waals surface area contributed by atoms with Gasteiger partial charge in [-0.05, 0) is 56.7 Å². The smallest absolute Gasteiger partial charge is 0.238 e. The summed E-state index contributed by atoms with van der Waals surface area (Å²) >= 11 is 1.48. The first-order valence-corrected chi connectivity index (χ1v) is 10.7. The molecule has 1 aromatic carbocycles. The maximum absolute atomic E-state index is 12.2. The molecule has 0 spiro atoms. The summed E-state index contributed by atoms with van der Waals surface area (Å²) in [5.74, 6) is -0.220. The van der Waals surface area contributed by atoms with Gasteiger partial charge in [0.1, 0.15) is 0 Å². The number of amides is 1. The van der Waals surface area contributed by atoms with E-state index in [9.17, 15) is 13.2 Å². The number of nitrogens with zero attached hydrogens (tertiary/aromatic N) is 2. The number of rotatable bonds is 6. The van der Waals surface area contributed by atoms with Crippen molar-refractivity contribution in [2.75, 3.05) is 11.6 Å². The lowest BCUT2D eigenvalue weighted by atomic mass is 10.1. The van der Waals surface area contributed by atoms with Crippen LogP contribution in [-0.4, -0.2) is 30.5 Å². The number of nitrogens with two attached hydrogens (primary N) is 1. The predicted molar refractivity (Wildman–Crippen MR) is 103 cm³/mol. The van der Waals surface area contributed by atoms with E-state index in [-0.39, 0.29) is 17.2 Å². The molecule has 0 aliphatic heterocycles. The maximum Gasteiger partial charge on any atom is 0.238 e. The fraction of sp³-hybridized carbons (Fsp3) is 0.353. The van der Waals surface area contributed by atoms with E-state index >= 15 is 0 Å². The molecular weight excluding hydrogens is 372 g/mol. The summed E-state index contributed by atoms with van der Waals surface area (Å²) in [7, 11) is -3.83. The fourth-order valence-electron chi connectivity index (χ4n) is 2.61. The first kappa shape index (κ1) is 20.3. The first-order chi connectivity index (χ1) is 12.1. The van der Waals surface area contributed by atoms with E-state index in [0.29, 0.717) is 22.8 Å². The molecule has 7 nitrogen and oxygen atoms in total. The molecule has 1 amide bonds. The Morgan fingerprint density at radius 1 is 1.19 bits per heavy atom. The van der Waals surface area contributed by atoms with Gasteiger partial charge in [0, 0.05) is 23.5 Å². The number of carbonyl (C=O) groups is 1. The largest absolute Gasteiger partial charge is 0.326 e. The second-order valence-corrected chi connectivity index (χ2v) is 8.24. The average Bonchev–Trinajstić information content (AvgIpc) is 2.54. The van der Waals surface area contributed by atoms with E-state index < -0.39 is 10.0 Å². The molecule has 0 fully saturated rings. The minimum Gasteiger partial charge on any atom is -0.326 e. The number of thioether (sulfide) groups is 1. The molecule has 0 aliphatic rings. The molecule has 1 heterocycles. The topological polar surface area (TPSA) is 115 Å². The van der Waals surface area contributed by atoms with Crippen molar-refractivity contribution in [2.24, 2.45) is 5.14 Å². The number of benzene rings is 1. The van der Waals surface area contributed by atoms with Crippen LogP contribution in [0.1, 0.15) is 28.9 Å². The standard InChI is InChI=1S/C17H22N4O3S2/c1-10-5-6-13(9-15(10)26(18,23)24)21-16(22)8-7-14-11(2)19-17(25-4)20-12(14)3/h5-6,9H,7-8H2,1-4H3,(H,21,22)(H2,18,23,24). The molecule has 1 aromatic heterocycles. The monoisotopic (exact) mass is 394 g/mol. The third-order valence-electron chi connectivity index (χ3n) is 3.96. The molecule has 0 saturated heterocycles. The minimum atomic E-state index is -3.83. The molecule has 3 N–H and O–H groups in total. The number of carbonyl (C=O) groups excluding carboxylic acids is 1. The molecule has 0 bridgehead atoms. The van der Waals surface area contributed by atoms with Gasteiger partial charge in [-0.25, -0.2) is 23.5 Å². The molecule has 0 atom stereocenters. The van der Waals surface area contributed by atoms with Gasteiger partial charge in [-0.15, -0.1) is 0 Å². The van der Waals surface area contributed by atoms with Gasteiger partial charge in [0.05, 0.1) is 4.90 Å². The third-order valence-corrected chi connectivity index (χ3v) is 5.56. The summed E-state index contributed by atoms with van der Waals surface area (Å²) in [5.41, 5.74) is 3.60. The van der Waals surface area contributed by atoms with Crippen LogP contribution in [0.15, 0.2) is 28.3 Å². The van der Waals surface area contributed by atoms with Crippen molar-refractivity contribution >= 4 is 33.4 Å². The summed E-state index contributed by atoms with van der Waals surface area (Å²) in [6.07, 6.45) is 2.66. The van der Waals surface area contributed by atoms with Gasteiger partial charge >= 0.3 is 0 Å². The lowest BCUT2D eigenvalue weighted by Crippen LogP contribution is -2.16. The number of primary sulfonamides is 1. The van der Waals surface area contributed by atoms with E-state index in [0.717, 1.165) is 17.0 Å². The normalized spacial score (nSPS) is 11.4. The number of aryl methyl sites for hydroxylation is 3. The lowest BCUT2D eigenvalue weighted by molar-refractivity contribution is -0.116. The van der Waals surface area contributed by atoms with Crippen LogP contribution in [0.3, 0.4) is 0 Å². The Morgan fingerprint density at radius 3 is 2.35 bits per heavy atom. The summed E-state index contributed by atoms with van der Waals surface area (Å²) in [6.45, 7) is 5.45.